The predicted octanol–water partition coefficient (Wildman–Crippen LogP) is 3.99. The Bertz CT molecular complexity index is 851. The first-order chi connectivity index (χ1) is 12.6. The summed E-state index contributed by atoms with van der Waals surface area (Å²) < 4.78 is 11.2. The summed E-state index contributed by atoms with van der Waals surface area (Å²) in [7, 11) is 0. The minimum atomic E-state index is -0.149. The van der Waals surface area contributed by atoms with Crippen molar-refractivity contribution in [1.82, 2.24) is 0 Å². The molecule has 1 aromatic heterocycles. The topological polar surface area (TPSA) is 68.1 Å². The average Bonchev–Trinajstić information content (AvgIpc) is 3.18. The first-order valence-corrected chi connectivity index (χ1v) is 8.68. The number of amides is 1. The molecule has 0 aliphatic carbocycles. The number of rotatable bonds is 7. The van der Waals surface area contributed by atoms with E-state index in [1.165, 1.54) is 0 Å². The lowest BCUT2D eigenvalue weighted by molar-refractivity contribution is -0.684. The van der Waals surface area contributed by atoms with Gasteiger partial charge in [-0.05, 0) is 49.4 Å². The van der Waals surface area contributed by atoms with Crippen LogP contribution >= 0.6 is 11.6 Å². The smallest absolute Gasteiger partial charge is 0.279 e. The van der Waals surface area contributed by atoms with Crippen LogP contribution in [0.2, 0.25) is 5.02 Å². The largest absolute Gasteiger partial charge is 0.463 e. The molecule has 0 aliphatic rings. The second-order valence-corrected chi connectivity index (χ2v) is 6.28. The van der Waals surface area contributed by atoms with Gasteiger partial charge in [0, 0.05) is 5.02 Å². The number of anilines is 1. The quantitative estimate of drug-likeness (QED) is 0.659. The van der Waals surface area contributed by atoms with E-state index in [1.54, 1.807) is 24.5 Å². The molecule has 3 rings (SSSR count). The van der Waals surface area contributed by atoms with E-state index in [0.717, 1.165) is 5.76 Å². The van der Waals surface area contributed by atoms with E-state index >= 15 is 0 Å². The number of nitrogens with two attached hydrogens (primary N) is 1. The van der Waals surface area contributed by atoms with Crippen molar-refractivity contribution in [2.75, 3.05) is 11.9 Å². The van der Waals surface area contributed by atoms with Crippen LogP contribution < -0.4 is 15.4 Å². The van der Waals surface area contributed by atoms with Crippen LogP contribution in [0.15, 0.2) is 71.3 Å². The first-order valence-electron chi connectivity index (χ1n) is 8.31. The van der Waals surface area contributed by atoms with Crippen molar-refractivity contribution in [3.8, 4) is 11.5 Å². The van der Waals surface area contributed by atoms with Crippen LogP contribution in [0, 0.1) is 0 Å². The van der Waals surface area contributed by atoms with Crippen LogP contribution in [-0.2, 0) is 4.79 Å². The molecule has 6 heteroatoms. The maximum absolute atomic E-state index is 12.3. The number of benzene rings is 2. The molecule has 0 fully saturated rings. The monoisotopic (exact) mass is 371 g/mol. The third kappa shape index (κ3) is 4.88. The van der Waals surface area contributed by atoms with Crippen molar-refractivity contribution in [2.45, 2.75) is 13.0 Å². The summed E-state index contributed by atoms with van der Waals surface area (Å²) >= 11 is 6.07. The number of carbonyl (C=O) groups is 1. The first kappa shape index (κ1) is 18.0. The summed E-state index contributed by atoms with van der Waals surface area (Å²) in [6.45, 7) is 2.23. The summed E-state index contributed by atoms with van der Waals surface area (Å²) in [5, 5.41) is 5.28. The molecule has 5 nitrogen and oxygen atoms in total. The van der Waals surface area contributed by atoms with Crippen LogP contribution in [0.25, 0.3) is 0 Å². The fourth-order valence-electron chi connectivity index (χ4n) is 2.46. The number of furan rings is 1. The van der Waals surface area contributed by atoms with Gasteiger partial charge in [0.2, 0.25) is 0 Å². The molecule has 0 unspecified atom stereocenters. The Morgan fingerprint density at radius 1 is 1.19 bits per heavy atom. The van der Waals surface area contributed by atoms with Gasteiger partial charge in [-0.3, -0.25) is 4.79 Å². The standard InChI is InChI=1S/C20H19ClN2O3/c1-14(18-8-5-11-25-18)22-13-20(24)23-17-12-15(21)9-10-19(17)26-16-6-3-2-4-7-16/h2-12,14,22H,13H2,1H3,(H,23,24)/p+1/t14-/m1/s1. The van der Waals surface area contributed by atoms with Gasteiger partial charge in [-0.15, -0.1) is 0 Å². The molecular formula is C20H20ClN2O3+. The molecule has 2 aromatic carbocycles. The summed E-state index contributed by atoms with van der Waals surface area (Å²) in [5.41, 5.74) is 0.533. The zero-order valence-corrected chi connectivity index (χ0v) is 15.1. The maximum atomic E-state index is 12.3. The van der Waals surface area contributed by atoms with Crippen LogP contribution in [0.4, 0.5) is 5.69 Å². The fourth-order valence-corrected chi connectivity index (χ4v) is 2.63. The molecule has 3 N–H and O–H groups in total. The third-order valence-corrected chi connectivity index (χ3v) is 4.07. The molecule has 0 saturated heterocycles. The molecule has 0 radical (unpaired) electrons. The van der Waals surface area contributed by atoms with E-state index in [4.69, 9.17) is 20.8 Å². The summed E-state index contributed by atoms with van der Waals surface area (Å²) in [6.07, 6.45) is 1.62. The highest BCUT2D eigenvalue weighted by atomic mass is 35.5. The lowest BCUT2D eigenvalue weighted by Gasteiger charge is -2.13. The van der Waals surface area contributed by atoms with Crippen molar-refractivity contribution in [3.63, 3.8) is 0 Å². The predicted molar refractivity (Wildman–Crippen MR) is 101 cm³/mol. The Hall–Kier alpha value is -2.76. The third-order valence-electron chi connectivity index (χ3n) is 3.84. The van der Waals surface area contributed by atoms with Gasteiger partial charge in [-0.2, -0.15) is 0 Å². The summed E-state index contributed by atoms with van der Waals surface area (Å²) in [4.78, 5) is 12.3. The average molecular weight is 372 g/mol. The Balaban J connectivity index is 1.64. The molecule has 134 valence electrons. The van der Waals surface area contributed by atoms with Gasteiger partial charge in [-0.25, -0.2) is 0 Å². The Morgan fingerprint density at radius 3 is 2.73 bits per heavy atom. The Kier molecular flexibility index (Phi) is 5.94. The molecule has 3 aromatic rings. The SMILES string of the molecule is C[C@@H]([NH2+]CC(=O)Nc1cc(Cl)ccc1Oc1ccccc1)c1ccco1. The van der Waals surface area contributed by atoms with Gasteiger partial charge < -0.3 is 19.8 Å². The van der Waals surface area contributed by atoms with Gasteiger partial charge >= 0.3 is 0 Å². The number of ether oxygens (including phenoxy) is 1. The lowest BCUT2D eigenvalue weighted by Crippen LogP contribution is -2.86. The molecule has 1 amide bonds. The number of hydrogen-bond donors (Lipinski definition) is 2. The lowest BCUT2D eigenvalue weighted by atomic mass is 10.2. The van der Waals surface area contributed by atoms with Crippen molar-refractivity contribution >= 4 is 23.2 Å². The van der Waals surface area contributed by atoms with E-state index in [0.29, 0.717) is 22.2 Å². The fraction of sp³-hybridized carbons (Fsp3) is 0.150. The molecule has 0 bridgehead atoms. The zero-order valence-electron chi connectivity index (χ0n) is 14.3. The van der Waals surface area contributed by atoms with Crippen LogP contribution in [0.1, 0.15) is 18.7 Å². The van der Waals surface area contributed by atoms with E-state index in [-0.39, 0.29) is 18.5 Å². The van der Waals surface area contributed by atoms with Crippen LogP contribution in [-0.4, -0.2) is 12.5 Å². The second-order valence-electron chi connectivity index (χ2n) is 5.85. The van der Waals surface area contributed by atoms with Gasteiger partial charge in [-0.1, -0.05) is 29.8 Å². The van der Waals surface area contributed by atoms with Gasteiger partial charge in [0.15, 0.2) is 18.1 Å². The van der Waals surface area contributed by atoms with Gasteiger partial charge in [0.05, 0.1) is 12.0 Å². The Morgan fingerprint density at radius 2 is 2.00 bits per heavy atom. The highest BCUT2D eigenvalue weighted by molar-refractivity contribution is 6.31. The van der Waals surface area contributed by atoms with Gasteiger partial charge in [0.25, 0.3) is 5.91 Å². The Labute approximate surface area is 156 Å². The van der Waals surface area contributed by atoms with E-state index < -0.39 is 0 Å². The number of carbonyl (C=O) groups excluding carboxylic acids is 1. The zero-order chi connectivity index (χ0) is 18.4. The van der Waals surface area contributed by atoms with Crippen LogP contribution in [0.5, 0.6) is 11.5 Å². The molecule has 0 saturated carbocycles. The van der Waals surface area contributed by atoms with E-state index in [1.807, 2.05) is 54.7 Å². The summed E-state index contributed by atoms with van der Waals surface area (Å²) in [6, 6.07) is 18.3. The number of hydrogen-bond acceptors (Lipinski definition) is 3. The highest BCUT2D eigenvalue weighted by Gasteiger charge is 2.15. The minimum absolute atomic E-state index is 0.0511. The number of halogens is 1. The molecule has 26 heavy (non-hydrogen) atoms. The van der Waals surface area contributed by atoms with E-state index in [9.17, 15) is 4.79 Å². The highest BCUT2D eigenvalue weighted by Crippen LogP contribution is 2.31. The van der Waals surface area contributed by atoms with Crippen molar-refractivity contribution in [2.24, 2.45) is 0 Å². The van der Waals surface area contributed by atoms with Gasteiger partial charge in [0.1, 0.15) is 11.8 Å². The van der Waals surface area contributed by atoms with E-state index in [2.05, 4.69) is 5.32 Å². The number of quaternary nitrogens is 1. The molecule has 0 spiro atoms. The van der Waals surface area contributed by atoms with Crippen LogP contribution in [0.3, 0.4) is 0 Å². The molecule has 1 atom stereocenters. The molecule has 0 aliphatic heterocycles. The molecular weight excluding hydrogens is 352 g/mol. The second kappa shape index (κ2) is 8.56. The number of nitrogens with one attached hydrogen (secondary N) is 1. The summed E-state index contributed by atoms with van der Waals surface area (Å²) in [5.74, 6) is 1.90. The molecule has 1 heterocycles. The number of para-hydroxylation sites is 1. The normalized spacial score (nSPS) is 11.8. The van der Waals surface area contributed by atoms with Crippen molar-refractivity contribution in [3.05, 3.63) is 77.7 Å². The van der Waals surface area contributed by atoms with Crippen molar-refractivity contribution in [1.29, 1.82) is 0 Å². The van der Waals surface area contributed by atoms with Crippen molar-refractivity contribution < 1.29 is 19.3 Å². The minimum Gasteiger partial charge on any atom is -0.463 e. The maximum Gasteiger partial charge on any atom is 0.279 e.